The van der Waals surface area contributed by atoms with Gasteiger partial charge in [-0.2, -0.15) is 0 Å². The molecule has 1 aromatic carbocycles. The van der Waals surface area contributed by atoms with Crippen LogP contribution in [0.25, 0.3) is 0 Å². The van der Waals surface area contributed by atoms with Gasteiger partial charge in [0.05, 0.1) is 6.04 Å². The summed E-state index contributed by atoms with van der Waals surface area (Å²) >= 11 is 0. The Hall–Kier alpha value is -2.15. The second-order valence-electron chi connectivity index (χ2n) is 6.03. The molecule has 0 heterocycles. The zero-order valence-corrected chi connectivity index (χ0v) is 13.0. The van der Waals surface area contributed by atoms with Crippen LogP contribution in [0.3, 0.4) is 0 Å². The predicted molar refractivity (Wildman–Crippen MR) is 81.2 cm³/mol. The monoisotopic (exact) mass is 310 g/mol. The molecule has 0 fully saturated rings. The van der Waals surface area contributed by atoms with Crippen LogP contribution in [0.2, 0.25) is 0 Å². The number of carbonyl (C=O) groups is 1. The molecule has 1 rings (SSSR count). The van der Waals surface area contributed by atoms with Gasteiger partial charge in [-0.15, -0.1) is 0 Å². The van der Waals surface area contributed by atoms with Gasteiger partial charge in [-0.05, 0) is 32.8 Å². The van der Waals surface area contributed by atoms with Crippen LogP contribution in [0.1, 0.15) is 26.3 Å². The molecule has 0 aliphatic rings. The summed E-state index contributed by atoms with van der Waals surface area (Å²) in [6, 6.07) is 8.32. The van der Waals surface area contributed by atoms with E-state index in [2.05, 4.69) is 5.32 Å². The molecular weight excluding hydrogens is 288 g/mol. The largest absolute Gasteiger partial charge is 0.444 e. The third-order valence-electron chi connectivity index (χ3n) is 2.80. The fourth-order valence-corrected chi connectivity index (χ4v) is 1.89. The minimum absolute atomic E-state index is 0.273. The van der Waals surface area contributed by atoms with E-state index in [4.69, 9.17) is 4.74 Å². The number of nitrogens with zero attached hydrogens (tertiary/aromatic N) is 1. The van der Waals surface area contributed by atoms with E-state index in [1.165, 1.54) is 0 Å². The van der Waals surface area contributed by atoms with Crippen LogP contribution in [-0.4, -0.2) is 40.4 Å². The summed E-state index contributed by atoms with van der Waals surface area (Å²) in [5.41, 5.74) is 0.168. The van der Waals surface area contributed by atoms with Crippen molar-refractivity contribution in [2.75, 3.05) is 6.54 Å². The number of hydrogen-bond donors (Lipinski definition) is 2. The highest BCUT2D eigenvalue weighted by molar-refractivity contribution is 5.68. The summed E-state index contributed by atoms with van der Waals surface area (Å²) in [6.45, 7) is 4.50. The van der Waals surface area contributed by atoms with Crippen molar-refractivity contribution in [3.05, 3.63) is 46.0 Å². The molecule has 22 heavy (non-hydrogen) atoms. The second kappa shape index (κ2) is 7.74. The van der Waals surface area contributed by atoms with Crippen LogP contribution < -0.4 is 5.32 Å². The van der Waals surface area contributed by atoms with Gasteiger partial charge in [-0.1, -0.05) is 30.3 Å². The van der Waals surface area contributed by atoms with Crippen molar-refractivity contribution < 1.29 is 19.6 Å². The number of amides is 1. The number of nitrogens with one attached hydrogen (secondary N) is 1. The molecule has 0 aromatic heterocycles. The van der Waals surface area contributed by atoms with Gasteiger partial charge in [0.15, 0.2) is 0 Å². The fraction of sp³-hybridized carbons (Fsp3) is 0.533. The van der Waals surface area contributed by atoms with Crippen molar-refractivity contribution in [1.29, 1.82) is 0 Å². The Bertz CT molecular complexity index is 498. The minimum Gasteiger partial charge on any atom is -0.444 e. The van der Waals surface area contributed by atoms with Crippen LogP contribution in [0.15, 0.2) is 30.3 Å². The van der Waals surface area contributed by atoms with Crippen LogP contribution in [0.5, 0.6) is 0 Å². The minimum atomic E-state index is -1.30. The first kappa shape index (κ1) is 17.9. The fourth-order valence-electron chi connectivity index (χ4n) is 1.89. The number of aliphatic hydroxyl groups excluding tert-OH is 1. The summed E-state index contributed by atoms with van der Waals surface area (Å²) in [4.78, 5) is 21.8. The molecule has 0 saturated heterocycles. The summed E-state index contributed by atoms with van der Waals surface area (Å²) < 4.78 is 5.13. The zero-order valence-electron chi connectivity index (χ0n) is 13.0. The molecule has 0 bridgehead atoms. The normalized spacial score (nSPS) is 14.0. The van der Waals surface area contributed by atoms with Gasteiger partial charge < -0.3 is 15.2 Å². The number of rotatable bonds is 6. The first-order valence-corrected chi connectivity index (χ1v) is 7.00. The van der Waals surface area contributed by atoms with Gasteiger partial charge in [0.1, 0.15) is 11.7 Å². The van der Waals surface area contributed by atoms with Crippen LogP contribution >= 0.6 is 0 Å². The van der Waals surface area contributed by atoms with E-state index in [-0.39, 0.29) is 6.42 Å². The Balaban J connectivity index is 2.77. The number of alkyl carbamates (subject to hydrolysis) is 1. The molecule has 7 nitrogen and oxygen atoms in total. The van der Waals surface area contributed by atoms with Crippen molar-refractivity contribution in [2.45, 2.75) is 44.9 Å². The van der Waals surface area contributed by atoms with E-state index in [1.807, 2.05) is 30.3 Å². The molecule has 2 N–H and O–H groups in total. The highest BCUT2D eigenvalue weighted by Gasteiger charge is 2.27. The van der Waals surface area contributed by atoms with Crippen molar-refractivity contribution in [3.63, 3.8) is 0 Å². The average Bonchev–Trinajstić information content (AvgIpc) is 2.36. The molecule has 1 aromatic rings. The van der Waals surface area contributed by atoms with E-state index in [9.17, 15) is 20.0 Å². The lowest BCUT2D eigenvalue weighted by atomic mass is 10.0. The Kier molecular flexibility index (Phi) is 6.30. The van der Waals surface area contributed by atoms with Gasteiger partial charge in [-0.3, -0.25) is 10.1 Å². The Morgan fingerprint density at radius 3 is 2.45 bits per heavy atom. The molecule has 0 aliphatic heterocycles. The number of carbonyl (C=O) groups excluding carboxylic acids is 1. The highest BCUT2D eigenvalue weighted by Crippen LogP contribution is 2.10. The molecule has 2 atom stereocenters. The topological polar surface area (TPSA) is 102 Å². The van der Waals surface area contributed by atoms with Crippen molar-refractivity contribution in [3.8, 4) is 0 Å². The smallest absolute Gasteiger partial charge is 0.407 e. The lowest BCUT2D eigenvalue weighted by Gasteiger charge is -2.25. The van der Waals surface area contributed by atoms with Gasteiger partial charge in [0, 0.05) is 4.92 Å². The molecule has 0 unspecified atom stereocenters. The number of hydrogen-bond acceptors (Lipinski definition) is 5. The summed E-state index contributed by atoms with van der Waals surface area (Å²) in [5, 5.41) is 23.1. The lowest BCUT2D eigenvalue weighted by molar-refractivity contribution is -0.491. The van der Waals surface area contributed by atoms with Crippen molar-refractivity contribution in [1.82, 2.24) is 5.32 Å². The molecule has 0 saturated carbocycles. The first-order chi connectivity index (χ1) is 10.2. The van der Waals surface area contributed by atoms with Gasteiger partial charge in [-0.25, -0.2) is 4.79 Å². The Morgan fingerprint density at radius 1 is 1.36 bits per heavy atom. The Labute approximate surface area is 129 Å². The number of nitro groups is 1. The first-order valence-electron chi connectivity index (χ1n) is 7.00. The van der Waals surface area contributed by atoms with Crippen molar-refractivity contribution in [2.24, 2.45) is 0 Å². The predicted octanol–water partition coefficient (Wildman–Crippen LogP) is 1.76. The summed E-state index contributed by atoms with van der Waals surface area (Å²) in [7, 11) is 0. The molecule has 0 spiro atoms. The lowest BCUT2D eigenvalue weighted by Crippen LogP contribution is -2.49. The van der Waals surface area contributed by atoms with Crippen LogP contribution in [0, 0.1) is 10.1 Å². The molecule has 0 aliphatic carbocycles. The number of ether oxygens (including phenoxy) is 1. The SMILES string of the molecule is CC(C)(C)OC(=O)N[C@@H](Cc1ccccc1)[C@@H](O)C[N+](=O)[O-]. The summed E-state index contributed by atoms with van der Waals surface area (Å²) in [6.07, 6.45) is -1.74. The van der Waals surface area contributed by atoms with Gasteiger partial charge in [0.25, 0.3) is 0 Å². The number of benzene rings is 1. The Morgan fingerprint density at radius 2 is 1.95 bits per heavy atom. The standard InChI is InChI=1S/C15H22N2O5/c1-15(2,3)22-14(19)16-12(13(18)10-17(20)21)9-11-7-5-4-6-8-11/h4-8,12-13,18H,9-10H2,1-3H3,(H,16,19)/t12-,13-/m0/s1. The van der Waals surface area contributed by atoms with E-state index in [0.717, 1.165) is 5.56 Å². The van der Waals surface area contributed by atoms with E-state index in [0.29, 0.717) is 0 Å². The van der Waals surface area contributed by atoms with Crippen LogP contribution in [-0.2, 0) is 11.2 Å². The molecule has 0 radical (unpaired) electrons. The van der Waals surface area contributed by atoms with Crippen molar-refractivity contribution >= 4 is 6.09 Å². The highest BCUT2D eigenvalue weighted by atomic mass is 16.6. The quantitative estimate of drug-likeness (QED) is 0.616. The maximum Gasteiger partial charge on any atom is 0.407 e. The molecule has 122 valence electrons. The average molecular weight is 310 g/mol. The molecule has 7 heteroatoms. The molecule has 1 amide bonds. The molecular formula is C15H22N2O5. The van der Waals surface area contributed by atoms with Crippen LogP contribution in [0.4, 0.5) is 4.79 Å². The summed E-state index contributed by atoms with van der Waals surface area (Å²) in [5.74, 6) is 0. The van der Waals surface area contributed by atoms with Gasteiger partial charge >= 0.3 is 6.09 Å². The van der Waals surface area contributed by atoms with E-state index < -0.39 is 35.3 Å². The van der Waals surface area contributed by atoms with E-state index >= 15 is 0 Å². The maximum atomic E-state index is 11.8. The third-order valence-corrected chi connectivity index (χ3v) is 2.80. The van der Waals surface area contributed by atoms with Gasteiger partial charge in [0.2, 0.25) is 6.54 Å². The maximum absolute atomic E-state index is 11.8. The zero-order chi connectivity index (χ0) is 16.8. The number of aliphatic hydroxyl groups is 1. The van der Waals surface area contributed by atoms with E-state index in [1.54, 1.807) is 20.8 Å². The second-order valence-corrected chi connectivity index (χ2v) is 6.03. The third kappa shape index (κ3) is 7.03.